The zero-order chi connectivity index (χ0) is 24.5. The molecule has 0 saturated carbocycles. The molecule has 2 aromatic rings. The van der Waals surface area contributed by atoms with Crippen molar-refractivity contribution in [2.24, 2.45) is 10.7 Å². The second kappa shape index (κ2) is 10.6. The van der Waals surface area contributed by atoms with Crippen molar-refractivity contribution in [2.75, 3.05) is 48.0 Å². The minimum atomic E-state index is -1.72. The van der Waals surface area contributed by atoms with Gasteiger partial charge in [-0.05, 0) is 42.0 Å². The number of rotatable bonds is 5. The van der Waals surface area contributed by atoms with Crippen LogP contribution in [0.4, 0.5) is 17.1 Å². The van der Waals surface area contributed by atoms with Gasteiger partial charge in [-0.15, -0.1) is 12.4 Å². The number of amidine groups is 1. The summed E-state index contributed by atoms with van der Waals surface area (Å²) in [5.74, 6) is -1.02. The molecule has 0 aromatic heterocycles. The largest absolute Gasteiger partial charge is 0.383 e. The molecule has 4 N–H and O–H groups in total. The van der Waals surface area contributed by atoms with Gasteiger partial charge >= 0.3 is 0 Å². The van der Waals surface area contributed by atoms with Gasteiger partial charge in [0.05, 0.1) is 19.8 Å². The Balaban J connectivity index is 0.00000304. The van der Waals surface area contributed by atoms with Crippen molar-refractivity contribution in [1.82, 2.24) is 0 Å². The fourth-order valence-electron chi connectivity index (χ4n) is 4.37. The van der Waals surface area contributed by atoms with Gasteiger partial charge in [0, 0.05) is 35.7 Å². The Hall–Kier alpha value is -3.51. The first-order chi connectivity index (χ1) is 16.9. The van der Waals surface area contributed by atoms with Crippen LogP contribution in [0.15, 0.2) is 47.5 Å². The maximum absolute atomic E-state index is 13.2. The van der Waals surface area contributed by atoms with Crippen molar-refractivity contribution in [3.8, 4) is 0 Å². The van der Waals surface area contributed by atoms with Gasteiger partial charge in [0.15, 0.2) is 12.2 Å². The van der Waals surface area contributed by atoms with E-state index in [1.807, 2.05) is 0 Å². The Kier molecular flexibility index (Phi) is 7.55. The van der Waals surface area contributed by atoms with Crippen LogP contribution in [-0.2, 0) is 30.4 Å². The number of ether oxygens (including phenoxy) is 2. The van der Waals surface area contributed by atoms with Gasteiger partial charge < -0.3 is 35.4 Å². The fourth-order valence-corrected chi connectivity index (χ4v) is 4.37. The Morgan fingerprint density at radius 1 is 1.11 bits per heavy atom. The SMILES string of the molecule is Cl.NC1=NCc2cc(NC(=O)[C@H](O)[C@H]3OCCN(c4cccc(N5CCOCC5=O)c4)C3=O)ccc21. The summed E-state index contributed by atoms with van der Waals surface area (Å²) in [5.41, 5.74) is 9.14. The summed E-state index contributed by atoms with van der Waals surface area (Å²) in [5, 5.41) is 13.3. The second-order valence-corrected chi connectivity index (χ2v) is 8.41. The van der Waals surface area contributed by atoms with Crippen LogP contribution >= 0.6 is 12.4 Å². The number of aliphatic hydroxyl groups is 1. The van der Waals surface area contributed by atoms with E-state index >= 15 is 0 Å². The van der Waals surface area contributed by atoms with E-state index in [0.717, 1.165) is 11.1 Å². The number of amides is 3. The number of nitrogens with one attached hydrogen (secondary N) is 1. The van der Waals surface area contributed by atoms with E-state index in [9.17, 15) is 19.5 Å². The number of carbonyl (C=O) groups is 3. The Labute approximate surface area is 213 Å². The number of hydrogen-bond donors (Lipinski definition) is 3. The molecule has 36 heavy (non-hydrogen) atoms. The first kappa shape index (κ1) is 25.6. The third kappa shape index (κ3) is 4.91. The van der Waals surface area contributed by atoms with Crippen LogP contribution in [-0.4, -0.2) is 73.8 Å². The fraction of sp³-hybridized carbons (Fsp3) is 0.333. The van der Waals surface area contributed by atoms with E-state index in [2.05, 4.69) is 10.3 Å². The van der Waals surface area contributed by atoms with Crippen LogP contribution in [0, 0.1) is 0 Å². The lowest BCUT2D eigenvalue weighted by Gasteiger charge is -2.35. The normalized spacial score (nSPS) is 20.4. The zero-order valence-corrected chi connectivity index (χ0v) is 20.1. The average molecular weight is 516 g/mol. The summed E-state index contributed by atoms with van der Waals surface area (Å²) in [6.07, 6.45) is -3.09. The highest BCUT2D eigenvalue weighted by atomic mass is 35.5. The van der Waals surface area contributed by atoms with Crippen LogP contribution in [0.5, 0.6) is 0 Å². The molecule has 5 rings (SSSR count). The molecule has 0 radical (unpaired) electrons. The number of anilines is 3. The van der Waals surface area contributed by atoms with E-state index in [-0.39, 0.29) is 38.1 Å². The lowest BCUT2D eigenvalue weighted by Crippen LogP contribution is -2.55. The lowest BCUT2D eigenvalue weighted by molar-refractivity contribution is -0.150. The van der Waals surface area contributed by atoms with Crippen molar-refractivity contribution >= 4 is 53.0 Å². The predicted molar refractivity (Wildman–Crippen MR) is 134 cm³/mol. The Morgan fingerprint density at radius 3 is 2.64 bits per heavy atom. The van der Waals surface area contributed by atoms with Gasteiger partial charge in [0.2, 0.25) is 0 Å². The number of benzene rings is 2. The van der Waals surface area contributed by atoms with Gasteiger partial charge in [0.25, 0.3) is 17.7 Å². The number of aliphatic imine (C=N–C) groups is 1. The number of halogens is 1. The first-order valence-corrected chi connectivity index (χ1v) is 11.3. The monoisotopic (exact) mass is 515 g/mol. The number of nitrogens with zero attached hydrogens (tertiary/aromatic N) is 3. The Morgan fingerprint density at radius 2 is 1.86 bits per heavy atom. The van der Waals surface area contributed by atoms with Gasteiger partial charge in [-0.25, -0.2) is 0 Å². The summed E-state index contributed by atoms with van der Waals surface area (Å²) in [4.78, 5) is 45.4. The van der Waals surface area contributed by atoms with E-state index in [0.29, 0.717) is 42.6 Å². The third-order valence-corrected chi connectivity index (χ3v) is 6.18. The molecule has 11 nitrogen and oxygen atoms in total. The number of morpholine rings is 2. The highest BCUT2D eigenvalue weighted by Gasteiger charge is 2.39. The van der Waals surface area contributed by atoms with Gasteiger partial charge in [-0.3, -0.25) is 19.4 Å². The van der Waals surface area contributed by atoms with Gasteiger partial charge in [-0.2, -0.15) is 0 Å². The summed E-state index contributed by atoms with van der Waals surface area (Å²) in [7, 11) is 0. The summed E-state index contributed by atoms with van der Waals surface area (Å²) in [6, 6.07) is 12.1. The Bertz CT molecular complexity index is 1220. The molecule has 3 aliphatic rings. The number of aliphatic hydroxyl groups excluding tert-OH is 1. The summed E-state index contributed by atoms with van der Waals surface area (Å²) in [6.45, 7) is 1.66. The van der Waals surface area contributed by atoms with Crippen molar-refractivity contribution in [2.45, 2.75) is 18.8 Å². The van der Waals surface area contributed by atoms with Gasteiger partial charge in [-0.1, -0.05) is 6.07 Å². The van der Waals surface area contributed by atoms with E-state index in [4.69, 9.17) is 15.2 Å². The quantitative estimate of drug-likeness (QED) is 0.523. The average Bonchev–Trinajstić information content (AvgIpc) is 3.24. The van der Waals surface area contributed by atoms with Crippen LogP contribution < -0.4 is 20.9 Å². The molecular weight excluding hydrogens is 490 g/mol. The van der Waals surface area contributed by atoms with Crippen molar-refractivity contribution < 1.29 is 29.0 Å². The second-order valence-electron chi connectivity index (χ2n) is 8.41. The molecule has 3 heterocycles. The molecule has 2 fully saturated rings. The number of fused-ring (bicyclic) bond motifs is 1. The van der Waals surface area contributed by atoms with E-state index in [1.54, 1.807) is 47.4 Å². The predicted octanol–water partition coefficient (Wildman–Crippen LogP) is 0.422. The standard InChI is InChI=1S/C24H25N5O6.ClH/c25-22-18-5-4-15(10-14(18)12-26-22)27-23(32)20(31)21-24(33)29(7-9-35-21)17-3-1-2-16(11-17)28-6-8-34-13-19(28)30;/h1-5,10-11,20-21,31H,6-9,12-13H2,(H2,25,26)(H,27,32);1H/t20-,21-;/m1./s1. The van der Waals surface area contributed by atoms with E-state index in [1.165, 1.54) is 4.90 Å². The summed E-state index contributed by atoms with van der Waals surface area (Å²) < 4.78 is 10.7. The zero-order valence-electron chi connectivity index (χ0n) is 19.3. The van der Waals surface area contributed by atoms with Crippen LogP contribution in [0.1, 0.15) is 11.1 Å². The van der Waals surface area contributed by atoms with Crippen molar-refractivity contribution in [3.05, 3.63) is 53.6 Å². The molecule has 2 saturated heterocycles. The molecule has 2 atom stereocenters. The van der Waals surface area contributed by atoms with Crippen molar-refractivity contribution in [3.63, 3.8) is 0 Å². The van der Waals surface area contributed by atoms with Gasteiger partial charge in [0.1, 0.15) is 12.4 Å². The number of carbonyl (C=O) groups excluding carboxylic acids is 3. The van der Waals surface area contributed by atoms with Crippen LogP contribution in [0.2, 0.25) is 0 Å². The van der Waals surface area contributed by atoms with E-state index < -0.39 is 24.0 Å². The van der Waals surface area contributed by atoms with Crippen LogP contribution in [0.3, 0.4) is 0 Å². The highest BCUT2D eigenvalue weighted by Crippen LogP contribution is 2.27. The highest BCUT2D eigenvalue weighted by molar-refractivity contribution is 6.05. The van der Waals surface area contributed by atoms with Crippen LogP contribution in [0.25, 0.3) is 0 Å². The third-order valence-electron chi connectivity index (χ3n) is 6.18. The maximum Gasteiger partial charge on any atom is 0.259 e. The number of hydrogen-bond acceptors (Lipinski definition) is 8. The minimum absolute atomic E-state index is 0. The maximum atomic E-state index is 13.2. The molecule has 190 valence electrons. The number of nitrogens with two attached hydrogens (primary N) is 1. The first-order valence-electron chi connectivity index (χ1n) is 11.3. The molecule has 0 spiro atoms. The summed E-state index contributed by atoms with van der Waals surface area (Å²) >= 11 is 0. The smallest absolute Gasteiger partial charge is 0.259 e. The molecular formula is C24H26ClN5O6. The molecule has 0 aliphatic carbocycles. The molecule has 3 aliphatic heterocycles. The molecule has 2 aromatic carbocycles. The molecule has 0 bridgehead atoms. The molecule has 0 unspecified atom stereocenters. The topological polar surface area (TPSA) is 147 Å². The minimum Gasteiger partial charge on any atom is -0.383 e. The van der Waals surface area contributed by atoms with Crippen molar-refractivity contribution in [1.29, 1.82) is 0 Å². The molecule has 3 amide bonds. The lowest BCUT2D eigenvalue weighted by atomic mass is 10.1. The molecule has 12 heteroatoms.